The van der Waals surface area contributed by atoms with Crippen LogP contribution in [0.4, 0.5) is 5.69 Å². The number of likely N-dealkylation sites (N-methyl/N-ethyl adjacent to an activating group) is 1. The molecule has 1 atom stereocenters. The summed E-state index contributed by atoms with van der Waals surface area (Å²) in [6.45, 7) is 3.05. The summed E-state index contributed by atoms with van der Waals surface area (Å²) in [7, 11) is 1.96. The van der Waals surface area contributed by atoms with Gasteiger partial charge >= 0.3 is 0 Å². The zero-order chi connectivity index (χ0) is 24.1. The lowest BCUT2D eigenvalue weighted by Gasteiger charge is -2.19. The van der Waals surface area contributed by atoms with Crippen molar-refractivity contribution in [1.29, 1.82) is 0 Å². The number of phenols is 1. The van der Waals surface area contributed by atoms with Crippen LogP contribution in [0.3, 0.4) is 0 Å². The minimum Gasteiger partial charge on any atom is -0.508 e. The number of hydrogen-bond donors (Lipinski definition) is 5. The third kappa shape index (κ3) is 9.39. The normalized spacial score (nSPS) is 12.0. The summed E-state index contributed by atoms with van der Waals surface area (Å²) in [4.78, 5) is 13.3. The second-order valence-electron chi connectivity index (χ2n) is 8.13. The molecule has 0 aliphatic heterocycles. The summed E-state index contributed by atoms with van der Waals surface area (Å²) in [6, 6.07) is 12.0. The first kappa shape index (κ1) is 26.6. The van der Waals surface area contributed by atoms with Crippen LogP contribution in [0.5, 0.6) is 5.75 Å². The molecule has 0 heterocycles. The van der Waals surface area contributed by atoms with Crippen LogP contribution in [0.1, 0.15) is 53.3 Å². The number of primary amides is 1. The van der Waals surface area contributed by atoms with Gasteiger partial charge in [-0.15, -0.1) is 0 Å². The van der Waals surface area contributed by atoms with E-state index in [4.69, 9.17) is 10.5 Å². The Kier molecular flexibility index (Phi) is 11.7. The maximum absolute atomic E-state index is 11.3. The van der Waals surface area contributed by atoms with Gasteiger partial charge in [-0.3, -0.25) is 4.79 Å². The maximum atomic E-state index is 11.3. The molecule has 8 heteroatoms. The molecule has 0 aromatic heterocycles. The Morgan fingerprint density at radius 2 is 1.91 bits per heavy atom. The Labute approximate surface area is 196 Å². The molecule has 1 unspecified atom stereocenters. The van der Waals surface area contributed by atoms with Crippen LogP contribution in [-0.4, -0.2) is 61.1 Å². The summed E-state index contributed by atoms with van der Waals surface area (Å²) in [5, 5.41) is 32.3. The van der Waals surface area contributed by atoms with E-state index in [2.05, 4.69) is 5.32 Å². The highest BCUT2D eigenvalue weighted by atomic mass is 16.5. The van der Waals surface area contributed by atoms with Crippen LogP contribution < -0.4 is 16.0 Å². The highest BCUT2D eigenvalue weighted by Gasteiger charge is 2.10. The zero-order valence-corrected chi connectivity index (χ0v) is 19.4. The van der Waals surface area contributed by atoms with Gasteiger partial charge in [-0.05, 0) is 55.3 Å². The molecule has 8 nitrogen and oxygen atoms in total. The number of unbranched alkanes of at least 4 members (excludes halogenated alkanes) is 3. The molecule has 2 aromatic carbocycles. The van der Waals surface area contributed by atoms with Gasteiger partial charge in [0.05, 0.1) is 19.3 Å². The molecular weight excluding hydrogens is 422 g/mol. The lowest BCUT2D eigenvalue weighted by atomic mass is 10.1. The second-order valence-corrected chi connectivity index (χ2v) is 8.13. The van der Waals surface area contributed by atoms with Gasteiger partial charge in [-0.2, -0.15) is 0 Å². The smallest absolute Gasteiger partial charge is 0.248 e. The monoisotopic (exact) mass is 459 g/mol. The maximum Gasteiger partial charge on any atom is 0.248 e. The highest BCUT2D eigenvalue weighted by molar-refractivity contribution is 5.93. The fourth-order valence-electron chi connectivity index (χ4n) is 3.43. The average molecular weight is 460 g/mol. The minimum atomic E-state index is -0.680. The molecule has 33 heavy (non-hydrogen) atoms. The van der Waals surface area contributed by atoms with Gasteiger partial charge in [0.1, 0.15) is 5.75 Å². The average Bonchev–Trinajstić information content (AvgIpc) is 2.82. The van der Waals surface area contributed by atoms with Crippen molar-refractivity contribution >= 4 is 11.6 Å². The first-order valence-electron chi connectivity index (χ1n) is 11.4. The number of amides is 1. The van der Waals surface area contributed by atoms with Crippen LogP contribution in [0.25, 0.3) is 0 Å². The number of carbonyl (C=O) groups is 1. The van der Waals surface area contributed by atoms with Gasteiger partial charge in [-0.25, -0.2) is 0 Å². The first-order chi connectivity index (χ1) is 15.9. The van der Waals surface area contributed by atoms with Gasteiger partial charge < -0.3 is 36.0 Å². The van der Waals surface area contributed by atoms with Gasteiger partial charge in [0, 0.05) is 43.6 Å². The molecule has 0 aliphatic carbocycles. The summed E-state index contributed by atoms with van der Waals surface area (Å²) in [5.41, 5.74) is 7.85. The number of aromatic hydroxyl groups is 1. The van der Waals surface area contributed by atoms with Crippen molar-refractivity contribution in [3.05, 3.63) is 59.2 Å². The number of carbonyl (C=O) groups excluding carboxylic acids is 1. The molecular formula is C25H37N3O5. The van der Waals surface area contributed by atoms with Gasteiger partial charge in [0.2, 0.25) is 5.91 Å². The number of nitrogens with one attached hydrogen (secondary N) is 1. The first-order valence-corrected chi connectivity index (χ1v) is 11.4. The minimum absolute atomic E-state index is 0.0346. The third-order valence-corrected chi connectivity index (χ3v) is 5.53. The van der Waals surface area contributed by atoms with E-state index in [0.717, 1.165) is 51.1 Å². The molecule has 0 bridgehead atoms. The summed E-state index contributed by atoms with van der Waals surface area (Å²) in [5.74, 6) is -0.394. The Morgan fingerprint density at radius 1 is 1.12 bits per heavy atom. The Balaban J connectivity index is 1.48. The van der Waals surface area contributed by atoms with E-state index in [1.165, 1.54) is 6.07 Å². The van der Waals surface area contributed by atoms with Crippen molar-refractivity contribution in [2.75, 3.05) is 44.8 Å². The molecule has 0 radical (unpaired) electrons. The SMILES string of the molecule is CN(CCOCCCCCCNCC(O)c1ccc(O)c(CO)c1)c1cccc(C(N)=O)c1. The number of ether oxygens (including phenoxy) is 1. The Bertz CT molecular complexity index is 862. The number of aliphatic hydroxyl groups excluding tert-OH is 2. The number of rotatable bonds is 16. The van der Waals surface area contributed by atoms with Crippen LogP contribution in [0.15, 0.2) is 42.5 Å². The fourth-order valence-corrected chi connectivity index (χ4v) is 3.43. The molecule has 0 spiro atoms. The van der Waals surface area contributed by atoms with E-state index in [0.29, 0.717) is 29.8 Å². The van der Waals surface area contributed by atoms with Crippen LogP contribution >= 0.6 is 0 Å². The molecule has 0 fully saturated rings. The molecule has 182 valence electrons. The number of nitrogens with zero attached hydrogens (tertiary/aromatic N) is 1. The summed E-state index contributed by atoms with van der Waals surface area (Å²) < 4.78 is 5.72. The number of nitrogens with two attached hydrogens (primary N) is 1. The number of benzene rings is 2. The second kappa shape index (κ2) is 14.5. The fraction of sp³-hybridized carbons (Fsp3) is 0.480. The standard InChI is InChI=1S/C25H37N3O5/c1-28(22-8-6-7-20(16-22)25(26)32)12-14-33-13-5-3-2-4-11-27-17-24(31)19-9-10-23(30)21(15-19)18-29/h6-10,15-16,24,27,29-31H,2-5,11-14,17-18H2,1H3,(H2,26,32). The number of aliphatic hydroxyl groups is 2. The van der Waals surface area contributed by atoms with Crippen molar-refractivity contribution in [2.45, 2.75) is 38.4 Å². The lowest BCUT2D eigenvalue weighted by Crippen LogP contribution is -2.23. The van der Waals surface area contributed by atoms with E-state index in [1.54, 1.807) is 24.3 Å². The quantitative estimate of drug-likeness (QED) is 0.244. The Morgan fingerprint density at radius 3 is 2.67 bits per heavy atom. The predicted octanol–water partition coefficient (Wildman–Crippen LogP) is 2.32. The molecule has 6 N–H and O–H groups in total. The van der Waals surface area contributed by atoms with Gasteiger partial charge in [-0.1, -0.05) is 25.0 Å². The summed E-state index contributed by atoms with van der Waals surface area (Å²) >= 11 is 0. The largest absolute Gasteiger partial charge is 0.508 e. The van der Waals surface area contributed by atoms with Gasteiger partial charge in [0.25, 0.3) is 0 Å². The molecule has 2 aromatic rings. The van der Waals surface area contributed by atoms with Crippen molar-refractivity contribution in [3.8, 4) is 5.75 Å². The number of anilines is 1. The van der Waals surface area contributed by atoms with E-state index in [-0.39, 0.29) is 12.4 Å². The van der Waals surface area contributed by atoms with E-state index in [1.807, 2.05) is 24.1 Å². The van der Waals surface area contributed by atoms with Crippen molar-refractivity contribution in [1.82, 2.24) is 5.32 Å². The number of hydrogen-bond acceptors (Lipinski definition) is 7. The molecule has 0 saturated heterocycles. The van der Waals surface area contributed by atoms with Crippen LogP contribution in [0.2, 0.25) is 0 Å². The van der Waals surface area contributed by atoms with Crippen molar-refractivity contribution < 1.29 is 24.9 Å². The van der Waals surface area contributed by atoms with Gasteiger partial charge in [0.15, 0.2) is 0 Å². The van der Waals surface area contributed by atoms with E-state index < -0.39 is 12.0 Å². The molecule has 1 amide bonds. The predicted molar refractivity (Wildman–Crippen MR) is 129 cm³/mol. The summed E-state index contributed by atoms with van der Waals surface area (Å²) in [6.07, 6.45) is 3.50. The highest BCUT2D eigenvalue weighted by Crippen LogP contribution is 2.22. The zero-order valence-electron chi connectivity index (χ0n) is 19.4. The van der Waals surface area contributed by atoms with Crippen LogP contribution in [0, 0.1) is 0 Å². The lowest BCUT2D eigenvalue weighted by molar-refractivity contribution is 0.1000. The molecule has 2 rings (SSSR count). The molecule has 0 saturated carbocycles. The van der Waals surface area contributed by atoms with Crippen molar-refractivity contribution in [2.24, 2.45) is 5.73 Å². The van der Waals surface area contributed by atoms with E-state index >= 15 is 0 Å². The third-order valence-electron chi connectivity index (χ3n) is 5.53. The van der Waals surface area contributed by atoms with E-state index in [9.17, 15) is 20.1 Å². The topological polar surface area (TPSA) is 128 Å². The van der Waals surface area contributed by atoms with Crippen molar-refractivity contribution in [3.63, 3.8) is 0 Å². The van der Waals surface area contributed by atoms with Crippen LogP contribution in [-0.2, 0) is 11.3 Å². The molecule has 0 aliphatic rings. The Hall–Kier alpha value is -2.65.